The van der Waals surface area contributed by atoms with Crippen LogP contribution in [0.3, 0.4) is 0 Å². The minimum absolute atomic E-state index is 0.0205. The monoisotopic (exact) mass is 385 g/mol. The number of aromatic nitrogens is 2. The van der Waals surface area contributed by atoms with Gasteiger partial charge in [-0.2, -0.15) is 0 Å². The van der Waals surface area contributed by atoms with Crippen molar-refractivity contribution < 1.29 is 9.53 Å². The number of H-pyrrole nitrogens is 1. The number of likely N-dealkylation sites (tertiary alicyclic amines) is 1. The number of aryl methyl sites for hydroxylation is 1. The summed E-state index contributed by atoms with van der Waals surface area (Å²) in [6.07, 6.45) is 3.46. The van der Waals surface area contributed by atoms with Crippen LogP contribution in [0.5, 0.6) is 0 Å². The number of fused-ring (bicyclic) bond motifs is 1. The summed E-state index contributed by atoms with van der Waals surface area (Å²) in [6, 6.07) is 8.09. The quantitative estimate of drug-likeness (QED) is 0.331. The molecule has 0 saturated carbocycles. The van der Waals surface area contributed by atoms with Crippen LogP contribution in [-0.4, -0.2) is 59.6 Å². The van der Waals surface area contributed by atoms with Crippen LogP contribution in [0.15, 0.2) is 29.3 Å². The van der Waals surface area contributed by atoms with Gasteiger partial charge in [0.25, 0.3) is 0 Å². The number of aromatic amines is 1. The van der Waals surface area contributed by atoms with Gasteiger partial charge in [-0.25, -0.2) is 4.98 Å². The number of esters is 1. The van der Waals surface area contributed by atoms with Gasteiger partial charge in [0.2, 0.25) is 0 Å². The van der Waals surface area contributed by atoms with Crippen LogP contribution in [0.1, 0.15) is 38.9 Å². The predicted molar refractivity (Wildman–Crippen MR) is 111 cm³/mol. The number of piperidine rings is 1. The van der Waals surface area contributed by atoms with E-state index in [-0.39, 0.29) is 11.9 Å². The smallest absolute Gasteiger partial charge is 0.309 e. The highest BCUT2D eigenvalue weighted by atomic mass is 16.5. The van der Waals surface area contributed by atoms with Gasteiger partial charge in [0.05, 0.1) is 23.6 Å². The molecule has 1 fully saturated rings. The lowest BCUT2D eigenvalue weighted by molar-refractivity contribution is -0.149. The maximum Gasteiger partial charge on any atom is 0.309 e. The van der Waals surface area contributed by atoms with Gasteiger partial charge in [0, 0.05) is 32.6 Å². The van der Waals surface area contributed by atoms with E-state index in [0.29, 0.717) is 6.61 Å². The topological polar surface area (TPSA) is 82.6 Å². The summed E-state index contributed by atoms with van der Waals surface area (Å²) in [4.78, 5) is 26.9. The van der Waals surface area contributed by atoms with E-state index < -0.39 is 0 Å². The molecule has 1 aliphatic rings. The Morgan fingerprint density at radius 3 is 2.82 bits per heavy atom. The Kier molecular flexibility index (Phi) is 7.28. The number of aliphatic imine (C=N–C) groups is 1. The Balaban J connectivity index is 1.49. The second-order valence-corrected chi connectivity index (χ2v) is 7.05. The van der Waals surface area contributed by atoms with E-state index in [2.05, 4.69) is 27.1 Å². The molecule has 0 unspecified atom stereocenters. The fourth-order valence-electron chi connectivity index (χ4n) is 3.57. The minimum Gasteiger partial charge on any atom is -0.466 e. The van der Waals surface area contributed by atoms with Crippen LogP contribution in [0.4, 0.5) is 0 Å². The van der Waals surface area contributed by atoms with Gasteiger partial charge >= 0.3 is 5.97 Å². The van der Waals surface area contributed by atoms with Crippen LogP contribution >= 0.6 is 0 Å². The minimum atomic E-state index is -0.0603. The Morgan fingerprint density at radius 2 is 2.11 bits per heavy atom. The summed E-state index contributed by atoms with van der Waals surface area (Å²) < 4.78 is 5.16. The summed E-state index contributed by atoms with van der Waals surface area (Å²) in [5, 5.41) is 3.38. The molecule has 7 heteroatoms. The van der Waals surface area contributed by atoms with Crippen molar-refractivity contribution in [1.29, 1.82) is 0 Å². The summed E-state index contributed by atoms with van der Waals surface area (Å²) in [5.41, 5.74) is 2.10. The molecule has 28 heavy (non-hydrogen) atoms. The number of guanidine groups is 1. The summed E-state index contributed by atoms with van der Waals surface area (Å²) in [6.45, 7) is 7.63. The number of nitrogens with zero attached hydrogens (tertiary/aromatic N) is 3. The third-order valence-corrected chi connectivity index (χ3v) is 5.02. The van der Waals surface area contributed by atoms with Crippen molar-refractivity contribution in [1.82, 2.24) is 20.2 Å². The lowest BCUT2D eigenvalue weighted by atomic mass is 9.97. The summed E-state index contributed by atoms with van der Waals surface area (Å²) in [5.74, 6) is 1.91. The van der Waals surface area contributed by atoms with E-state index in [4.69, 9.17) is 9.73 Å². The lowest BCUT2D eigenvalue weighted by Gasteiger charge is -2.33. The van der Waals surface area contributed by atoms with Crippen molar-refractivity contribution in [3.63, 3.8) is 0 Å². The number of imidazole rings is 1. The Hall–Kier alpha value is -2.57. The van der Waals surface area contributed by atoms with Gasteiger partial charge in [0.15, 0.2) is 5.96 Å². The second-order valence-electron chi connectivity index (χ2n) is 7.05. The Bertz CT molecular complexity index is 760. The number of rotatable bonds is 7. The normalized spacial score (nSPS) is 15.8. The predicted octanol–water partition coefficient (Wildman–Crippen LogP) is 2.74. The van der Waals surface area contributed by atoms with Gasteiger partial charge in [-0.15, -0.1) is 0 Å². The molecule has 1 aromatic carbocycles. The van der Waals surface area contributed by atoms with Crippen molar-refractivity contribution in [3.8, 4) is 0 Å². The Morgan fingerprint density at radius 1 is 1.32 bits per heavy atom. The van der Waals surface area contributed by atoms with Gasteiger partial charge in [0.1, 0.15) is 5.82 Å². The van der Waals surface area contributed by atoms with Crippen LogP contribution in [0.25, 0.3) is 11.0 Å². The van der Waals surface area contributed by atoms with Crippen LogP contribution in [0.2, 0.25) is 0 Å². The van der Waals surface area contributed by atoms with Crippen molar-refractivity contribution in [2.45, 2.75) is 39.5 Å². The van der Waals surface area contributed by atoms with Gasteiger partial charge in [-0.1, -0.05) is 12.1 Å². The standard InChI is InChI=1S/C21H31N5O2/c1-3-22-21(26-14-11-16(12-15-26)20(27)28-4-2)23-13-7-10-19-24-17-8-5-6-9-18(17)25-19/h5-6,8-9,16H,3-4,7,10-15H2,1-2H3,(H,22,23)(H,24,25). The molecule has 0 spiro atoms. The maximum absolute atomic E-state index is 11.9. The highest BCUT2D eigenvalue weighted by Gasteiger charge is 2.27. The molecule has 0 bridgehead atoms. The van der Waals surface area contributed by atoms with Gasteiger partial charge in [-0.05, 0) is 45.2 Å². The molecule has 2 aromatic rings. The molecule has 1 saturated heterocycles. The number of carbonyl (C=O) groups is 1. The van der Waals surface area contributed by atoms with Crippen LogP contribution in [0, 0.1) is 5.92 Å². The molecule has 7 nitrogen and oxygen atoms in total. The van der Waals surface area contributed by atoms with Crippen LogP contribution < -0.4 is 5.32 Å². The summed E-state index contributed by atoms with van der Waals surface area (Å²) in [7, 11) is 0. The number of carbonyl (C=O) groups excluding carboxylic acids is 1. The zero-order valence-electron chi connectivity index (χ0n) is 16.9. The molecule has 0 radical (unpaired) electrons. The van der Waals surface area contributed by atoms with E-state index in [0.717, 1.165) is 74.7 Å². The second kappa shape index (κ2) is 10.1. The molecule has 1 aliphatic heterocycles. The molecule has 2 heterocycles. The molecular formula is C21H31N5O2. The highest BCUT2D eigenvalue weighted by Crippen LogP contribution is 2.19. The first-order chi connectivity index (χ1) is 13.7. The van der Waals surface area contributed by atoms with Gasteiger partial charge in [-0.3, -0.25) is 9.79 Å². The first kappa shape index (κ1) is 20.2. The molecule has 0 amide bonds. The maximum atomic E-state index is 11.9. The third kappa shape index (κ3) is 5.24. The lowest BCUT2D eigenvalue weighted by Crippen LogP contribution is -2.46. The molecule has 3 rings (SSSR count). The fourth-order valence-corrected chi connectivity index (χ4v) is 3.57. The molecule has 152 valence electrons. The van der Waals surface area contributed by atoms with E-state index in [1.807, 2.05) is 31.2 Å². The van der Waals surface area contributed by atoms with Gasteiger partial charge < -0.3 is 19.9 Å². The van der Waals surface area contributed by atoms with Crippen molar-refractivity contribution in [2.24, 2.45) is 10.9 Å². The molecule has 2 N–H and O–H groups in total. The van der Waals surface area contributed by atoms with E-state index >= 15 is 0 Å². The zero-order valence-corrected chi connectivity index (χ0v) is 16.9. The number of benzene rings is 1. The summed E-state index contributed by atoms with van der Waals surface area (Å²) >= 11 is 0. The van der Waals surface area contributed by atoms with E-state index in [1.165, 1.54) is 0 Å². The molecular weight excluding hydrogens is 354 g/mol. The molecule has 1 aromatic heterocycles. The van der Waals surface area contributed by atoms with Crippen LogP contribution in [-0.2, 0) is 16.0 Å². The number of para-hydroxylation sites is 2. The highest BCUT2D eigenvalue weighted by molar-refractivity contribution is 5.80. The first-order valence-electron chi connectivity index (χ1n) is 10.3. The van der Waals surface area contributed by atoms with E-state index in [1.54, 1.807) is 0 Å². The average Bonchev–Trinajstić information content (AvgIpc) is 3.13. The zero-order chi connectivity index (χ0) is 19.8. The first-order valence-corrected chi connectivity index (χ1v) is 10.3. The Labute approximate surface area is 166 Å². The average molecular weight is 386 g/mol. The van der Waals surface area contributed by atoms with E-state index in [9.17, 15) is 4.79 Å². The van der Waals surface area contributed by atoms with Crippen molar-refractivity contribution in [3.05, 3.63) is 30.1 Å². The number of ether oxygens (including phenoxy) is 1. The third-order valence-electron chi connectivity index (χ3n) is 5.02. The SMILES string of the molecule is CCNC(=NCCCc1nc2ccccc2[nH]1)N1CCC(C(=O)OCC)CC1. The van der Waals surface area contributed by atoms with Crippen molar-refractivity contribution >= 4 is 23.0 Å². The number of hydrogen-bond donors (Lipinski definition) is 2. The largest absolute Gasteiger partial charge is 0.466 e. The van der Waals surface area contributed by atoms with Crippen molar-refractivity contribution in [2.75, 3.05) is 32.8 Å². The molecule has 0 aliphatic carbocycles. The number of nitrogens with one attached hydrogen (secondary N) is 2. The molecule has 0 atom stereocenters. The fraction of sp³-hybridized carbons (Fsp3) is 0.571. The number of hydrogen-bond acceptors (Lipinski definition) is 4.